The molecule has 0 aliphatic rings. The highest BCUT2D eigenvalue weighted by Crippen LogP contribution is 2.36. The lowest BCUT2D eigenvalue weighted by atomic mass is 10.1. The van der Waals surface area contributed by atoms with Gasteiger partial charge in [-0.1, -0.05) is 17.7 Å². The van der Waals surface area contributed by atoms with Gasteiger partial charge in [0, 0.05) is 31.1 Å². The Balaban J connectivity index is 2.25. The summed E-state index contributed by atoms with van der Waals surface area (Å²) in [6.45, 7) is 3.85. The zero-order chi connectivity index (χ0) is 19.1. The van der Waals surface area contributed by atoms with E-state index in [-0.39, 0.29) is 17.0 Å². The predicted molar refractivity (Wildman–Crippen MR) is 99.3 cm³/mol. The van der Waals surface area contributed by atoms with Crippen LogP contribution in [0.3, 0.4) is 0 Å². The summed E-state index contributed by atoms with van der Waals surface area (Å²) >= 11 is 6.05. The smallest absolute Gasteiger partial charge is 0.257 e. The standard InChI is InChI=1S/C18H18ClN3O4/c1-4-5-21-17(23)11-6-12(10-20-9-11)18(24)22-14-8-15(25-2)13(19)7-16(14)26-3/h4,6-10H,1,5H2,2-3H3,(H,21,23)(H,22,24). The first-order valence-corrected chi connectivity index (χ1v) is 7.95. The molecule has 0 atom stereocenters. The van der Waals surface area contributed by atoms with Gasteiger partial charge in [-0.15, -0.1) is 6.58 Å². The summed E-state index contributed by atoms with van der Waals surface area (Å²) < 4.78 is 10.4. The van der Waals surface area contributed by atoms with E-state index in [1.165, 1.54) is 38.7 Å². The number of pyridine rings is 1. The molecule has 8 heteroatoms. The summed E-state index contributed by atoms with van der Waals surface area (Å²) in [5, 5.41) is 5.67. The van der Waals surface area contributed by atoms with Gasteiger partial charge in [-0.3, -0.25) is 14.6 Å². The molecule has 0 aliphatic heterocycles. The summed E-state index contributed by atoms with van der Waals surface area (Å²) in [6.07, 6.45) is 4.29. The monoisotopic (exact) mass is 375 g/mol. The zero-order valence-electron chi connectivity index (χ0n) is 14.3. The van der Waals surface area contributed by atoms with Gasteiger partial charge in [-0.05, 0) is 6.07 Å². The molecular formula is C18H18ClN3O4. The van der Waals surface area contributed by atoms with E-state index in [0.29, 0.717) is 28.8 Å². The Hall–Kier alpha value is -3.06. The van der Waals surface area contributed by atoms with E-state index in [1.807, 2.05) is 0 Å². The normalized spacial score (nSPS) is 9.96. The first-order valence-electron chi connectivity index (χ1n) is 7.57. The molecule has 2 amide bonds. The SMILES string of the molecule is C=CCNC(=O)c1cncc(C(=O)Nc2cc(OC)c(Cl)cc2OC)c1. The maximum absolute atomic E-state index is 12.5. The van der Waals surface area contributed by atoms with Crippen LogP contribution in [0.1, 0.15) is 20.7 Å². The Labute approximate surface area is 156 Å². The van der Waals surface area contributed by atoms with Crippen molar-refractivity contribution < 1.29 is 19.1 Å². The van der Waals surface area contributed by atoms with Gasteiger partial charge >= 0.3 is 0 Å². The van der Waals surface area contributed by atoms with Crippen LogP contribution >= 0.6 is 11.6 Å². The van der Waals surface area contributed by atoms with Gasteiger partial charge in [0.05, 0.1) is 36.1 Å². The fourth-order valence-electron chi connectivity index (χ4n) is 2.11. The predicted octanol–water partition coefficient (Wildman–Crippen LogP) is 2.92. The number of hydrogen-bond donors (Lipinski definition) is 2. The Morgan fingerprint density at radius 2 is 1.77 bits per heavy atom. The van der Waals surface area contributed by atoms with Crippen LogP contribution in [0.5, 0.6) is 11.5 Å². The van der Waals surface area contributed by atoms with Crippen molar-refractivity contribution in [1.82, 2.24) is 10.3 Å². The minimum absolute atomic E-state index is 0.215. The van der Waals surface area contributed by atoms with Crippen LogP contribution < -0.4 is 20.1 Å². The average Bonchev–Trinajstić information content (AvgIpc) is 2.66. The second-order valence-electron chi connectivity index (χ2n) is 5.10. The molecule has 0 saturated heterocycles. The number of benzene rings is 1. The summed E-state index contributed by atoms with van der Waals surface area (Å²) in [5.74, 6) is -0.0493. The molecule has 0 aliphatic carbocycles. The lowest BCUT2D eigenvalue weighted by Gasteiger charge is -2.13. The fraction of sp³-hybridized carbons (Fsp3) is 0.167. The quantitative estimate of drug-likeness (QED) is 0.726. The minimum Gasteiger partial charge on any atom is -0.495 e. The van der Waals surface area contributed by atoms with Crippen LogP contribution in [0, 0.1) is 0 Å². The van der Waals surface area contributed by atoms with Crippen LogP contribution in [0.2, 0.25) is 5.02 Å². The minimum atomic E-state index is -0.460. The third kappa shape index (κ3) is 4.52. The molecule has 26 heavy (non-hydrogen) atoms. The van der Waals surface area contributed by atoms with Crippen molar-refractivity contribution in [1.29, 1.82) is 0 Å². The van der Waals surface area contributed by atoms with E-state index in [9.17, 15) is 9.59 Å². The molecule has 2 aromatic rings. The van der Waals surface area contributed by atoms with Gasteiger partial charge in [-0.25, -0.2) is 0 Å². The topological polar surface area (TPSA) is 89.6 Å². The molecule has 0 spiro atoms. The molecule has 1 aromatic carbocycles. The molecule has 0 radical (unpaired) electrons. The zero-order valence-corrected chi connectivity index (χ0v) is 15.1. The molecule has 2 rings (SSSR count). The Bertz CT molecular complexity index is 839. The maximum Gasteiger partial charge on any atom is 0.257 e. The highest BCUT2D eigenvalue weighted by Gasteiger charge is 2.15. The van der Waals surface area contributed by atoms with Crippen molar-refractivity contribution in [3.8, 4) is 11.5 Å². The number of amides is 2. The third-order valence-electron chi connectivity index (χ3n) is 3.39. The van der Waals surface area contributed by atoms with Crippen LogP contribution in [0.4, 0.5) is 5.69 Å². The van der Waals surface area contributed by atoms with Crippen molar-refractivity contribution in [2.45, 2.75) is 0 Å². The largest absolute Gasteiger partial charge is 0.495 e. The molecule has 0 unspecified atom stereocenters. The Morgan fingerprint density at radius 3 is 2.38 bits per heavy atom. The number of halogens is 1. The molecule has 0 bridgehead atoms. The van der Waals surface area contributed by atoms with Gasteiger partial charge in [0.15, 0.2) is 0 Å². The van der Waals surface area contributed by atoms with Gasteiger partial charge in [-0.2, -0.15) is 0 Å². The lowest BCUT2D eigenvalue weighted by Crippen LogP contribution is -2.24. The number of anilines is 1. The number of carbonyl (C=O) groups is 2. The highest BCUT2D eigenvalue weighted by atomic mass is 35.5. The second kappa shape index (κ2) is 8.87. The summed E-state index contributed by atoms with van der Waals surface area (Å²) in [6, 6.07) is 4.53. The lowest BCUT2D eigenvalue weighted by molar-refractivity contribution is 0.0957. The van der Waals surface area contributed by atoms with E-state index >= 15 is 0 Å². The average molecular weight is 376 g/mol. The summed E-state index contributed by atoms with van der Waals surface area (Å²) in [5.41, 5.74) is 0.854. The number of hydrogen-bond acceptors (Lipinski definition) is 5. The van der Waals surface area contributed by atoms with E-state index in [2.05, 4.69) is 22.2 Å². The molecule has 2 N–H and O–H groups in total. The molecule has 1 aromatic heterocycles. The molecule has 0 fully saturated rings. The van der Waals surface area contributed by atoms with Crippen molar-refractivity contribution in [3.63, 3.8) is 0 Å². The first-order chi connectivity index (χ1) is 12.5. The van der Waals surface area contributed by atoms with Gasteiger partial charge < -0.3 is 20.1 Å². The molecule has 1 heterocycles. The number of nitrogens with one attached hydrogen (secondary N) is 2. The summed E-state index contributed by atoms with van der Waals surface area (Å²) in [7, 11) is 2.93. The highest BCUT2D eigenvalue weighted by molar-refractivity contribution is 6.32. The van der Waals surface area contributed by atoms with Crippen LogP contribution in [-0.2, 0) is 0 Å². The summed E-state index contributed by atoms with van der Waals surface area (Å²) in [4.78, 5) is 28.4. The molecule has 7 nitrogen and oxygen atoms in total. The Kier molecular flexibility index (Phi) is 6.57. The van der Waals surface area contributed by atoms with Crippen molar-refractivity contribution in [2.24, 2.45) is 0 Å². The molecule has 0 saturated carbocycles. The number of rotatable bonds is 7. The van der Waals surface area contributed by atoms with Crippen LogP contribution in [0.25, 0.3) is 0 Å². The van der Waals surface area contributed by atoms with Gasteiger partial charge in [0.2, 0.25) is 0 Å². The number of aromatic nitrogens is 1. The van der Waals surface area contributed by atoms with Crippen LogP contribution in [-0.4, -0.2) is 37.6 Å². The van der Waals surface area contributed by atoms with Crippen molar-refractivity contribution in [2.75, 3.05) is 26.1 Å². The maximum atomic E-state index is 12.5. The van der Waals surface area contributed by atoms with E-state index in [0.717, 1.165) is 0 Å². The van der Waals surface area contributed by atoms with Crippen LogP contribution in [0.15, 0.2) is 43.2 Å². The van der Waals surface area contributed by atoms with Gasteiger partial charge in [0.25, 0.3) is 11.8 Å². The van der Waals surface area contributed by atoms with E-state index in [4.69, 9.17) is 21.1 Å². The number of carbonyl (C=O) groups excluding carboxylic acids is 2. The van der Waals surface area contributed by atoms with Gasteiger partial charge in [0.1, 0.15) is 11.5 Å². The molecule has 136 valence electrons. The number of ether oxygens (including phenoxy) is 2. The second-order valence-corrected chi connectivity index (χ2v) is 5.51. The number of nitrogens with zero attached hydrogens (tertiary/aromatic N) is 1. The van der Waals surface area contributed by atoms with E-state index < -0.39 is 5.91 Å². The number of methoxy groups -OCH3 is 2. The fourth-order valence-corrected chi connectivity index (χ4v) is 2.34. The van der Waals surface area contributed by atoms with Crippen molar-refractivity contribution >= 4 is 29.1 Å². The third-order valence-corrected chi connectivity index (χ3v) is 3.69. The van der Waals surface area contributed by atoms with Crippen molar-refractivity contribution in [3.05, 3.63) is 59.4 Å². The Morgan fingerprint density at radius 1 is 1.12 bits per heavy atom. The van der Waals surface area contributed by atoms with E-state index in [1.54, 1.807) is 12.1 Å². The molecular weight excluding hydrogens is 358 g/mol. The first kappa shape index (κ1) is 19.3.